The summed E-state index contributed by atoms with van der Waals surface area (Å²) in [6.45, 7) is 0.819. The highest BCUT2D eigenvalue weighted by Crippen LogP contribution is 2.49. The Hall–Kier alpha value is -0.410. The van der Waals surface area contributed by atoms with E-state index in [1.807, 2.05) is 0 Å². The second-order valence-electron chi connectivity index (χ2n) is 5.49. The second-order valence-corrected chi connectivity index (χ2v) is 5.49. The summed E-state index contributed by atoms with van der Waals surface area (Å²) in [5, 5.41) is 0. The molecule has 2 saturated carbocycles. The van der Waals surface area contributed by atoms with Crippen LogP contribution in [0, 0.1) is 5.92 Å². The van der Waals surface area contributed by atoms with Crippen LogP contribution in [0.2, 0.25) is 0 Å². The Bertz CT molecular complexity index is 283. The third-order valence-corrected chi connectivity index (χ3v) is 4.37. The Labute approximate surface area is 96.5 Å². The third-order valence-electron chi connectivity index (χ3n) is 4.37. The van der Waals surface area contributed by atoms with Crippen molar-refractivity contribution in [3.63, 3.8) is 0 Å². The van der Waals surface area contributed by atoms with Crippen molar-refractivity contribution in [2.45, 2.75) is 63.3 Å². The van der Waals surface area contributed by atoms with E-state index in [1.54, 1.807) is 0 Å². The van der Waals surface area contributed by atoms with Gasteiger partial charge in [0.15, 0.2) is 6.29 Å². The Kier molecular flexibility index (Phi) is 2.76. The van der Waals surface area contributed by atoms with Crippen molar-refractivity contribution >= 4 is 5.78 Å². The Morgan fingerprint density at radius 1 is 1.25 bits per heavy atom. The highest BCUT2D eigenvalue weighted by Gasteiger charge is 2.52. The van der Waals surface area contributed by atoms with E-state index in [4.69, 9.17) is 9.47 Å². The number of rotatable bonds is 2. The number of hydrogen-bond donors (Lipinski definition) is 0. The molecule has 1 unspecified atom stereocenters. The predicted octanol–water partition coefficient (Wildman–Crippen LogP) is 2.43. The van der Waals surface area contributed by atoms with Crippen molar-refractivity contribution in [3.05, 3.63) is 0 Å². The monoisotopic (exact) mass is 224 g/mol. The minimum atomic E-state index is -0.140. The van der Waals surface area contributed by atoms with Gasteiger partial charge in [0.05, 0.1) is 5.60 Å². The zero-order chi connectivity index (χ0) is 11.0. The van der Waals surface area contributed by atoms with Gasteiger partial charge in [-0.1, -0.05) is 6.42 Å². The molecule has 0 N–H and O–H groups in total. The molecule has 16 heavy (non-hydrogen) atoms. The van der Waals surface area contributed by atoms with Gasteiger partial charge in [0, 0.05) is 19.4 Å². The maximum atomic E-state index is 11.6. The maximum Gasteiger partial charge on any atom is 0.158 e. The summed E-state index contributed by atoms with van der Waals surface area (Å²) >= 11 is 0. The SMILES string of the molecule is O=C1C[C@H]2CCC[C@@]2(OC2CCCCO2)C1. The first-order valence-corrected chi connectivity index (χ1v) is 6.60. The van der Waals surface area contributed by atoms with Crippen LogP contribution in [0.15, 0.2) is 0 Å². The molecule has 2 aliphatic carbocycles. The Morgan fingerprint density at radius 3 is 3.00 bits per heavy atom. The molecule has 3 aliphatic rings. The van der Waals surface area contributed by atoms with Crippen molar-refractivity contribution in [1.29, 1.82) is 0 Å². The molecule has 1 aliphatic heterocycles. The number of fused-ring (bicyclic) bond motifs is 1. The molecule has 0 bridgehead atoms. The first-order chi connectivity index (χ1) is 7.78. The molecule has 3 atom stereocenters. The topological polar surface area (TPSA) is 35.5 Å². The molecule has 0 aromatic rings. The van der Waals surface area contributed by atoms with Gasteiger partial charge < -0.3 is 9.47 Å². The standard InChI is InChI=1S/C13H20O3/c14-11-8-10-4-3-6-13(10,9-11)16-12-5-1-2-7-15-12/h10,12H,1-9H2/t10-,12?,13-/m1/s1. The van der Waals surface area contributed by atoms with Crippen molar-refractivity contribution in [1.82, 2.24) is 0 Å². The van der Waals surface area contributed by atoms with Crippen LogP contribution in [0.1, 0.15) is 51.4 Å². The van der Waals surface area contributed by atoms with E-state index in [2.05, 4.69) is 0 Å². The highest BCUT2D eigenvalue weighted by atomic mass is 16.7. The van der Waals surface area contributed by atoms with E-state index in [9.17, 15) is 4.79 Å². The molecule has 0 spiro atoms. The molecular weight excluding hydrogens is 204 g/mol. The van der Waals surface area contributed by atoms with E-state index in [1.165, 1.54) is 19.3 Å². The fraction of sp³-hybridized carbons (Fsp3) is 0.923. The van der Waals surface area contributed by atoms with E-state index >= 15 is 0 Å². The summed E-state index contributed by atoms with van der Waals surface area (Å²) in [5.41, 5.74) is -0.140. The van der Waals surface area contributed by atoms with Gasteiger partial charge in [-0.3, -0.25) is 4.79 Å². The lowest BCUT2D eigenvalue weighted by atomic mass is 9.94. The lowest BCUT2D eigenvalue weighted by Gasteiger charge is -2.35. The fourth-order valence-corrected chi connectivity index (χ4v) is 3.58. The summed E-state index contributed by atoms with van der Waals surface area (Å²) < 4.78 is 11.8. The minimum Gasteiger partial charge on any atom is -0.353 e. The van der Waals surface area contributed by atoms with Crippen LogP contribution >= 0.6 is 0 Å². The number of hydrogen-bond acceptors (Lipinski definition) is 3. The molecule has 0 amide bonds. The number of Topliss-reactive ketones (excluding diaryl/α,β-unsaturated/α-hetero) is 1. The zero-order valence-electron chi connectivity index (χ0n) is 9.74. The van der Waals surface area contributed by atoms with Gasteiger partial charge in [0.1, 0.15) is 5.78 Å². The quantitative estimate of drug-likeness (QED) is 0.722. The van der Waals surface area contributed by atoms with Crippen molar-refractivity contribution in [2.75, 3.05) is 6.61 Å². The van der Waals surface area contributed by atoms with Crippen LogP contribution in [-0.4, -0.2) is 24.3 Å². The lowest BCUT2D eigenvalue weighted by Crippen LogP contribution is -2.39. The average Bonchev–Trinajstić information content (AvgIpc) is 2.74. The second kappa shape index (κ2) is 4.11. The first kappa shape index (κ1) is 10.7. The molecule has 3 fully saturated rings. The van der Waals surface area contributed by atoms with Crippen LogP contribution in [0.4, 0.5) is 0 Å². The van der Waals surface area contributed by atoms with Crippen molar-refractivity contribution < 1.29 is 14.3 Å². The van der Waals surface area contributed by atoms with Gasteiger partial charge in [-0.05, 0) is 38.0 Å². The van der Waals surface area contributed by atoms with E-state index in [-0.39, 0.29) is 11.9 Å². The van der Waals surface area contributed by atoms with Gasteiger partial charge in [-0.25, -0.2) is 0 Å². The van der Waals surface area contributed by atoms with E-state index < -0.39 is 0 Å². The predicted molar refractivity (Wildman–Crippen MR) is 59.0 cm³/mol. The molecule has 3 rings (SSSR count). The summed E-state index contributed by atoms with van der Waals surface area (Å²) in [7, 11) is 0. The number of ketones is 1. The average molecular weight is 224 g/mol. The van der Waals surface area contributed by atoms with Gasteiger partial charge in [0.25, 0.3) is 0 Å². The van der Waals surface area contributed by atoms with Gasteiger partial charge >= 0.3 is 0 Å². The smallest absolute Gasteiger partial charge is 0.158 e. The summed E-state index contributed by atoms with van der Waals surface area (Å²) in [4.78, 5) is 11.6. The molecule has 3 nitrogen and oxygen atoms in total. The van der Waals surface area contributed by atoms with Gasteiger partial charge in [-0.15, -0.1) is 0 Å². The summed E-state index contributed by atoms with van der Waals surface area (Å²) in [6.07, 6.45) is 8.12. The summed E-state index contributed by atoms with van der Waals surface area (Å²) in [6, 6.07) is 0. The normalized spacial score (nSPS) is 43.6. The van der Waals surface area contributed by atoms with Crippen LogP contribution < -0.4 is 0 Å². The van der Waals surface area contributed by atoms with E-state index in [0.29, 0.717) is 18.1 Å². The highest BCUT2D eigenvalue weighted by molar-refractivity contribution is 5.82. The minimum absolute atomic E-state index is 0.0414. The number of ether oxygens (including phenoxy) is 2. The molecule has 0 radical (unpaired) electrons. The van der Waals surface area contributed by atoms with Crippen molar-refractivity contribution in [2.24, 2.45) is 5.92 Å². The molecule has 90 valence electrons. The Morgan fingerprint density at radius 2 is 2.19 bits per heavy atom. The van der Waals surface area contributed by atoms with Crippen LogP contribution in [0.25, 0.3) is 0 Å². The largest absolute Gasteiger partial charge is 0.353 e. The van der Waals surface area contributed by atoms with E-state index in [0.717, 1.165) is 32.3 Å². The molecule has 0 aromatic heterocycles. The fourth-order valence-electron chi connectivity index (χ4n) is 3.58. The Balaban J connectivity index is 1.69. The van der Waals surface area contributed by atoms with Crippen LogP contribution in [-0.2, 0) is 14.3 Å². The number of carbonyl (C=O) groups is 1. The summed E-state index contributed by atoms with van der Waals surface area (Å²) in [5.74, 6) is 0.867. The molecule has 0 aromatic carbocycles. The molecule has 3 heteroatoms. The third kappa shape index (κ3) is 1.80. The van der Waals surface area contributed by atoms with Crippen molar-refractivity contribution in [3.8, 4) is 0 Å². The lowest BCUT2D eigenvalue weighted by molar-refractivity contribution is -0.229. The molecular formula is C13H20O3. The van der Waals surface area contributed by atoms with Gasteiger partial charge in [0.2, 0.25) is 0 Å². The zero-order valence-corrected chi connectivity index (χ0v) is 9.74. The molecule has 1 heterocycles. The molecule has 1 saturated heterocycles. The number of carbonyl (C=O) groups excluding carboxylic acids is 1. The van der Waals surface area contributed by atoms with Crippen LogP contribution in [0.3, 0.4) is 0 Å². The van der Waals surface area contributed by atoms with Crippen LogP contribution in [0.5, 0.6) is 0 Å². The first-order valence-electron chi connectivity index (χ1n) is 6.60. The maximum absolute atomic E-state index is 11.6. The van der Waals surface area contributed by atoms with Gasteiger partial charge in [-0.2, -0.15) is 0 Å².